The number of anilines is 1. The van der Waals surface area contributed by atoms with Crippen molar-refractivity contribution >= 4 is 35.6 Å². The highest BCUT2D eigenvalue weighted by Gasteiger charge is 2.12. The van der Waals surface area contributed by atoms with Crippen LogP contribution in [0.15, 0.2) is 35.3 Å². The highest BCUT2D eigenvalue weighted by atomic mass is 127. The minimum absolute atomic E-state index is 0. The third-order valence-electron chi connectivity index (χ3n) is 3.52. The molecule has 0 amide bonds. The van der Waals surface area contributed by atoms with Gasteiger partial charge in [0.1, 0.15) is 0 Å². The summed E-state index contributed by atoms with van der Waals surface area (Å²) in [5.74, 6) is 0.452. The lowest BCUT2D eigenvalue weighted by Gasteiger charge is -2.19. The van der Waals surface area contributed by atoms with Crippen molar-refractivity contribution in [3.05, 3.63) is 41.5 Å². The molecule has 0 radical (unpaired) electrons. The Morgan fingerprint density at radius 1 is 1.36 bits per heavy atom. The number of ether oxygens (including phenoxy) is 1. The summed E-state index contributed by atoms with van der Waals surface area (Å²) >= 11 is 0. The fourth-order valence-electron chi connectivity index (χ4n) is 2.55. The number of aliphatic imine (C=N–C) groups is 1. The number of guanidine groups is 1. The molecule has 0 fully saturated rings. The molecule has 0 saturated carbocycles. The molecule has 0 saturated heterocycles. The van der Waals surface area contributed by atoms with Crippen molar-refractivity contribution in [1.29, 1.82) is 0 Å². The van der Waals surface area contributed by atoms with Crippen LogP contribution in [-0.4, -0.2) is 25.7 Å². The van der Waals surface area contributed by atoms with Crippen LogP contribution in [0.2, 0.25) is 0 Å². The Bertz CT molecular complexity index is 529. The SMILES string of the molecule is C=C(C)COCCN=C(N)Nc1cccc2c1CCCC2.I. The van der Waals surface area contributed by atoms with Gasteiger partial charge in [-0.1, -0.05) is 24.3 Å². The quantitative estimate of drug-likeness (QED) is 0.246. The van der Waals surface area contributed by atoms with E-state index in [9.17, 15) is 0 Å². The van der Waals surface area contributed by atoms with E-state index >= 15 is 0 Å². The first-order chi connectivity index (χ1) is 10.2. The summed E-state index contributed by atoms with van der Waals surface area (Å²) in [6.45, 7) is 7.42. The van der Waals surface area contributed by atoms with E-state index in [1.807, 2.05) is 6.92 Å². The van der Waals surface area contributed by atoms with Crippen LogP contribution in [-0.2, 0) is 17.6 Å². The molecule has 122 valence electrons. The van der Waals surface area contributed by atoms with Crippen LogP contribution in [0.25, 0.3) is 0 Å². The molecule has 2 rings (SSSR count). The lowest BCUT2D eigenvalue weighted by molar-refractivity contribution is 0.165. The van der Waals surface area contributed by atoms with Gasteiger partial charge in [0, 0.05) is 5.69 Å². The number of benzene rings is 1. The number of rotatable bonds is 6. The third kappa shape index (κ3) is 5.96. The Morgan fingerprint density at radius 3 is 2.91 bits per heavy atom. The monoisotopic (exact) mass is 415 g/mol. The molecular weight excluding hydrogens is 389 g/mol. The third-order valence-corrected chi connectivity index (χ3v) is 3.52. The van der Waals surface area contributed by atoms with E-state index in [4.69, 9.17) is 10.5 Å². The summed E-state index contributed by atoms with van der Waals surface area (Å²) in [6, 6.07) is 6.36. The summed E-state index contributed by atoms with van der Waals surface area (Å²) in [7, 11) is 0. The van der Waals surface area contributed by atoms with Crippen molar-refractivity contribution in [3.63, 3.8) is 0 Å². The molecule has 1 aliphatic rings. The lowest BCUT2D eigenvalue weighted by atomic mass is 9.90. The van der Waals surface area contributed by atoms with Crippen LogP contribution in [0.5, 0.6) is 0 Å². The van der Waals surface area contributed by atoms with Gasteiger partial charge < -0.3 is 15.8 Å². The normalized spacial score (nSPS) is 14.0. The zero-order valence-corrected chi connectivity index (χ0v) is 15.6. The zero-order valence-electron chi connectivity index (χ0n) is 13.2. The topological polar surface area (TPSA) is 59.6 Å². The molecule has 3 N–H and O–H groups in total. The van der Waals surface area contributed by atoms with Crippen LogP contribution in [0.4, 0.5) is 5.69 Å². The molecule has 0 aromatic heterocycles. The van der Waals surface area contributed by atoms with Gasteiger partial charge in [-0.25, -0.2) is 0 Å². The van der Waals surface area contributed by atoms with Crippen molar-refractivity contribution in [2.24, 2.45) is 10.7 Å². The van der Waals surface area contributed by atoms with Gasteiger partial charge in [0.2, 0.25) is 0 Å². The van der Waals surface area contributed by atoms with Crippen molar-refractivity contribution < 1.29 is 4.74 Å². The van der Waals surface area contributed by atoms with E-state index in [0.717, 1.165) is 24.1 Å². The smallest absolute Gasteiger partial charge is 0.193 e. The predicted octanol–water partition coefficient (Wildman–Crippen LogP) is 3.50. The molecule has 0 aliphatic heterocycles. The number of fused-ring (bicyclic) bond motifs is 1. The molecular formula is C17H26IN3O. The average molecular weight is 415 g/mol. The van der Waals surface area contributed by atoms with Crippen LogP contribution in [0, 0.1) is 0 Å². The van der Waals surface area contributed by atoms with Crippen LogP contribution < -0.4 is 11.1 Å². The Balaban J connectivity index is 0.00000242. The van der Waals surface area contributed by atoms with E-state index in [1.54, 1.807) is 0 Å². The van der Waals surface area contributed by atoms with Gasteiger partial charge in [0.25, 0.3) is 0 Å². The van der Waals surface area contributed by atoms with E-state index in [0.29, 0.717) is 25.7 Å². The molecule has 0 atom stereocenters. The maximum Gasteiger partial charge on any atom is 0.193 e. The molecule has 1 aromatic carbocycles. The first-order valence-corrected chi connectivity index (χ1v) is 7.56. The average Bonchev–Trinajstić information content (AvgIpc) is 2.47. The van der Waals surface area contributed by atoms with Crippen molar-refractivity contribution in [3.8, 4) is 0 Å². The molecule has 0 heterocycles. The van der Waals surface area contributed by atoms with Crippen LogP contribution in [0.1, 0.15) is 30.9 Å². The number of hydrogen-bond donors (Lipinski definition) is 2. The van der Waals surface area contributed by atoms with Gasteiger partial charge in [-0.05, 0) is 49.8 Å². The predicted molar refractivity (Wildman–Crippen MR) is 104 cm³/mol. The van der Waals surface area contributed by atoms with Gasteiger partial charge in [-0.3, -0.25) is 4.99 Å². The van der Waals surface area contributed by atoms with Crippen LogP contribution >= 0.6 is 24.0 Å². The Morgan fingerprint density at radius 2 is 2.14 bits per heavy atom. The van der Waals surface area contributed by atoms with E-state index in [1.165, 1.54) is 24.0 Å². The molecule has 0 unspecified atom stereocenters. The maximum absolute atomic E-state index is 5.95. The second-order valence-electron chi connectivity index (χ2n) is 5.55. The van der Waals surface area contributed by atoms with Gasteiger partial charge >= 0.3 is 0 Å². The van der Waals surface area contributed by atoms with E-state index in [2.05, 4.69) is 35.1 Å². The number of halogens is 1. The fraction of sp³-hybridized carbons (Fsp3) is 0.471. The Labute approximate surface area is 150 Å². The summed E-state index contributed by atoms with van der Waals surface area (Å²) in [5, 5.41) is 3.22. The largest absolute Gasteiger partial charge is 0.375 e. The van der Waals surface area contributed by atoms with Crippen molar-refractivity contribution in [1.82, 2.24) is 0 Å². The number of nitrogens with one attached hydrogen (secondary N) is 1. The molecule has 5 heteroatoms. The molecule has 1 aromatic rings. The molecule has 1 aliphatic carbocycles. The minimum Gasteiger partial charge on any atom is -0.375 e. The zero-order chi connectivity index (χ0) is 15.1. The summed E-state index contributed by atoms with van der Waals surface area (Å²) in [4.78, 5) is 4.29. The lowest BCUT2D eigenvalue weighted by Crippen LogP contribution is -2.24. The number of nitrogens with zero attached hydrogens (tertiary/aromatic N) is 1. The Kier molecular flexibility index (Phi) is 8.48. The molecule has 22 heavy (non-hydrogen) atoms. The minimum atomic E-state index is 0. The van der Waals surface area contributed by atoms with Crippen LogP contribution in [0.3, 0.4) is 0 Å². The number of hydrogen-bond acceptors (Lipinski definition) is 2. The van der Waals surface area contributed by atoms with Crippen molar-refractivity contribution in [2.45, 2.75) is 32.6 Å². The maximum atomic E-state index is 5.95. The fourth-order valence-corrected chi connectivity index (χ4v) is 2.55. The summed E-state index contributed by atoms with van der Waals surface area (Å²) < 4.78 is 5.40. The van der Waals surface area contributed by atoms with E-state index < -0.39 is 0 Å². The van der Waals surface area contributed by atoms with Gasteiger partial charge in [-0.2, -0.15) is 0 Å². The first kappa shape index (κ1) is 19.0. The van der Waals surface area contributed by atoms with E-state index in [-0.39, 0.29) is 24.0 Å². The second kappa shape index (κ2) is 9.84. The summed E-state index contributed by atoms with van der Waals surface area (Å²) in [6.07, 6.45) is 4.81. The standard InChI is InChI=1S/C17H25N3O.HI/c1-13(2)12-21-11-10-19-17(18)20-16-9-5-7-14-6-3-4-8-15(14)16;/h5,7,9H,1,3-4,6,8,10-12H2,2H3,(H3,18,19,20);1H. The summed E-state index contributed by atoms with van der Waals surface area (Å²) in [5.41, 5.74) is 10.9. The molecule has 4 nitrogen and oxygen atoms in total. The number of nitrogens with two attached hydrogens (primary N) is 1. The van der Waals surface area contributed by atoms with Gasteiger partial charge in [0.05, 0.1) is 19.8 Å². The highest BCUT2D eigenvalue weighted by Crippen LogP contribution is 2.27. The van der Waals surface area contributed by atoms with Gasteiger partial charge in [0.15, 0.2) is 5.96 Å². The Hall–Kier alpha value is -1.08. The molecule has 0 bridgehead atoms. The highest BCUT2D eigenvalue weighted by molar-refractivity contribution is 14.0. The van der Waals surface area contributed by atoms with Gasteiger partial charge in [-0.15, -0.1) is 24.0 Å². The second-order valence-corrected chi connectivity index (χ2v) is 5.55. The molecule has 0 spiro atoms. The van der Waals surface area contributed by atoms with Crippen molar-refractivity contribution in [2.75, 3.05) is 25.1 Å². The first-order valence-electron chi connectivity index (χ1n) is 7.56. The number of aryl methyl sites for hydroxylation is 1.